The molecule has 2 unspecified atom stereocenters. The smallest absolute Gasteiger partial charge is 0.307 e. The fourth-order valence-electron chi connectivity index (χ4n) is 2.37. The third-order valence-electron chi connectivity index (χ3n) is 3.44. The van der Waals surface area contributed by atoms with Gasteiger partial charge in [-0.05, 0) is 39.5 Å². The van der Waals surface area contributed by atoms with Gasteiger partial charge in [0.2, 0.25) is 5.91 Å². The van der Waals surface area contributed by atoms with Crippen molar-refractivity contribution in [2.45, 2.75) is 39.5 Å². The van der Waals surface area contributed by atoms with E-state index in [1.807, 2.05) is 19.9 Å². The molecular formula is C14H22N2O3. The Labute approximate surface area is 113 Å². The number of amides is 1. The zero-order chi connectivity index (χ0) is 14.4. The van der Waals surface area contributed by atoms with E-state index in [9.17, 15) is 14.7 Å². The highest BCUT2D eigenvalue weighted by atomic mass is 16.4. The number of carboxylic acid groups (broad SMARTS) is 1. The van der Waals surface area contributed by atoms with Crippen LogP contribution in [0.25, 0.3) is 0 Å². The van der Waals surface area contributed by atoms with Crippen LogP contribution in [0.15, 0.2) is 23.3 Å². The largest absolute Gasteiger partial charge is 0.481 e. The molecule has 0 radical (unpaired) electrons. The molecule has 0 saturated carbocycles. The van der Waals surface area contributed by atoms with E-state index in [1.165, 1.54) is 5.57 Å². The van der Waals surface area contributed by atoms with Gasteiger partial charge < -0.3 is 5.11 Å². The molecule has 106 valence electrons. The molecule has 0 fully saturated rings. The van der Waals surface area contributed by atoms with Crippen LogP contribution in [0.4, 0.5) is 0 Å². The summed E-state index contributed by atoms with van der Waals surface area (Å²) in [6.07, 6.45) is 6.77. The standard InChI is InChI=1S/C14H22N2O3/c1-9(2)4-3-5-10-6-7-11(13(17)16-15)12(8-10)14(18)19/h4,6,11-12H,3,5,7-8,15H2,1-2H3,(H,16,17)(H,18,19). The summed E-state index contributed by atoms with van der Waals surface area (Å²) in [5.41, 5.74) is 4.42. The Kier molecular flexibility index (Phi) is 5.76. The lowest BCUT2D eigenvalue weighted by Gasteiger charge is -2.27. The molecule has 0 heterocycles. The number of aliphatic carboxylic acids is 1. The molecule has 19 heavy (non-hydrogen) atoms. The summed E-state index contributed by atoms with van der Waals surface area (Å²) in [6.45, 7) is 4.08. The molecule has 4 N–H and O–H groups in total. The van der Waals surface area contributed by atoms with Crippen LogP contribution in [-0.4, -0.2) is 17.0 Å². The number of nitrogens with two attached hydrogens (primary N) is 1. The predicted molar refractivity (Wildman–Crippen MR) is 72.9 cm³/mol. The number of carbonyl (C=O) groups excluding carboxylic acids is 1. The van der Waals surface area contributed by atoms with Crippen molar-refractivity contribution in [1.29, 1.82) is 0 Å². The maximum atomic E-state index is 11.6. The number of rotatable bonds is 5. The Balaban J connectivity index is 2.70. The molecular weight excluding hydrogens is 244 g/mol. The Morgan fingerprint density at radius 3 is 2.68 bits per heavy atom. The van der Waals surface area contributed by atoms with Crippen LogP contribution >= 0.6 is 0 Å². The van der Waals surface area contributed by atoms with Gasteiger partial charge in [0.15, 0.2) is 0 Å². The fourth-order valence-corrected chi connectivity index (χ4v) is 2.37. The lowest BCUT2D eigenvalue weighted by Crippen LogP contribution is -2.42. The van der Waals surface area contributed by atoms with Crippen molar-refractivity contribution in [1.82, 2.24) is 5.43 Å². The van der Waals surface area contributed by atoms with E-state index in [1.54, 1.807) is 0 Å². The van der Waals surface area contributed by atoms with E-state index < -0.39 is 23.7 Å². The van der Waals surface area contributed by atoms with Gasteiger partial charge in [0.05, 0.1) is 11.8 Å². The van der Waals surface area contributed by atoms with Gasteiger partial charge in [0, 0.05) is 0 Å². The lowest BCUT2D eigenvalue weighted by atomic mass is 9.78. The van der Waals surface area contributed by atoms with Crippen LogP contribution in [0.1, 0.15) is 39.5 Å². The highest BCUT2D eigenvalue weighted by molar-refractivity contribution is 5.85. The van der Waals surface area contributed by atoms with Crippen molar-refractivity contribution in [3.63, 3.8) is 0 Å². The summed E-state index contributed by atoms with van der Waals surface area (Å²) in [5.74, 6) is 2.54. The van der Waals surface area contributed by atoms with E-state index in [-0.39, 0.29) is 0 Å². The van der Waals surface area contributed by atoms with Crippen LogP contribution in [0.2, 0.25) is 0 Å². The number of hydrogen-bond donors (Lipinski definition) is 3. The summed E-state index contributed by atoms with van der Waals surface area (Å²) in [5, 5.41) is 9.22. The monoisotopic (exact) mass is 266 g/mol. The van der Waals surface area contributed by atoms with Crippen LogP contribution in [-0.2, 0) is 9.59 Å². The first-order valence-corrected chi connectivity index (χ1v) is 6.50. The first-order chi connectivity index (χ1) is 8.95. The maximum Gasteiger partial charge on any atom is 0.307 e. The Morgan fingerprint density at radius 1 is 1.47 bits per heavy atom. The third kappa shape index (κ3) is 4.52. The molecule has 2 atom stereocenters. The number of hydrazine groups is 1. The Bertz CT molecular complexity index is 409. The van der Waals surface area contributed by atoms with Gasteiger partial charge >= 0.3 is 5.97 Å². The number of nitrogens with one attached hydrogen (secondary N) is 1. The summed E-state index contributed by atoms with van der Waals surface area (Å²) in [4.78, 5) is 22.8. The molecule has 5 nitrogen and oxygen atoms in total. The average Bonchev–Trinajstić information content (AvgIpc) is 2.37. The fraction of sp³-hybridized carbons (Fsp3) is 0.571. The average molecular weight is 266 g/mol. The van der Waals surface area contributed by atoms with Crippen LogP contribution in [0.5, 0.6) is 0 Å². The molecule has 0 aromatic rings. The second kappa shape index (κ2) is 7.09. The maximum absolute atomic E-state index is 11.6. The van der Waals surface area contributed by atoms with Crippen molar-refractivity contribution in [2.75, 3.05) is 0 Å². The highest BCUT2D eigenvalue weighted by Gasteiger charge is 2.35. The predicted octanol–water partition coefficient (Wildman–Crippen LogP) is 1.76. The molecule has 1 amide bonds. The summed E-state index contributed by atoms with van der Waals surface area (Å²) in [6, 6.07) is 0. The van der Waals surface area contributed by atoms with Gasteiger partial charge in [-0.15, -0.1) is 0 Å². The van der Waals surface area contributed by atoms with E-state index in [0.29, 0.717) is 12.8 Å². The first kappa shape index (κ1) is 15.4. The van der Waals surface area contributed by atoms with Gasteiger partial charge in [0.25, 0.3) is 0 Å². The minimum absolute atomic E-state index is 0.396. The summed E-state index contributed by atoms with van der Waals surface area (Å²) in [7, 11) is 0. The van der Waals surface area contributed by atoms with Gasteiger partial charge in [0.1, 0.15) is 0 Å². The SMILES string of the molecule is CC(C)=CCCC1=CCC(C(=O)NN)C(C(=O)O)C1. The van der Waals surface area contributed by atoms with Crippen molar-refractivity contribution >= 4 is 11.9 Å². The topological polar surface area (TPSA) is 92.4 Å². The van der Waals surface area contributed by atoms with E-state index >= 15 is 0 Å². The van der Waals surface area contributed by atoms with E-state index in [2.05, 4.69) is 11.5 Å². The van der Waals surface area contributed by atoms with Crippen molar-refractivity contribution in [3.05, 3.63) is 23.3 Å². The van der Waals surface area contributed by atoms with Crippen molar-refractivity contribution < 1.29 is 14.7 Å². The van der Waals surface area contributed by atoms with Gasteiger partial charge in [-0.3, -0.25) is 15.0 Å². The van der Waals surface area contributed by atoms with Crippen LogP contribution in [0.3, 0.4) is 0 Å². The molecule has 0 aromatic carbocycles. The summed E-state index contributed by atoms with van der Waals surface area (Å²) >= 11 is 0. The zero-order valence-corrected chi connectivity index (χ0v) is 11.5. The second-order valence-corrected chi connectivity index (χ2v) is 5.18. The van der Waals surface area contributed by atoms with Gasteiger partial charge in [-0.1, -0.05) is 23.3 Å². The van der Waals surface area contributed by atoms with Crippen LogP contribution < -0.4 is 11.3 Å². The molecule has 1 rings (SSSR count). The minimum atomic E-state index is -0.929. The number of hydrogen-bond acceptors (Lipinski definition) is 3. The van der Waals surface area contributed by atoms with E-state index in [4.69, 9.17) is 5.84 Å². The molecule has 0 bridgehead atoms. The minimum Gasteiger partial charge on any atom is -0.481 e. The second-order valence-electron chi connectivity index (χ2n) is 5.18. The Morgan fingerprint density at radius 2 is 2.16 bits per heavy atom. The highest BCUT2D eigenvalue weighted by Crippen LogP contribution is 2.32. The van der Waals surface area contributed by atoms with Crippen molar-refractivity contribution in [2.24, 2.45) is 17.7 Å². The van der Waals surface area contributed by atoms with Crippen LogP contribution in [0, 0.1) is 11.8 Å². The third-order valence-corrected chi connectivity index (χ3v) is 3.44. The normalized spacial score (nSPS) is 22.4. The summed E-state index contributed by atoms with van der Waals surface area (Å²) < 4.78 is 0. The first-order valence-electron chi connectivity index (χ1n) is 6.50. The van der Waals surface area contributed by atoms with Gasteiger partial charge in [-0.25, -0.2) is 5.84 Å². The zero-order valence-electron chi connectivity index (χ0n) is 11.5. The molecule has 0 aliphatic heterocycles. The van der Waals surface area contributed by atoms with E-state index in [0.717, 1.165) is 18.4 Å². The Hall–Kier alpha value is -1.62. The molecule has 0 aromatic heterocycles. The van der Waals surface area contributed by atoms with Crippen molar-refractivity contribution in [3.8, 4) is 0 Å². The number of carbonyl (C=O) groups is 2. The molecule has 0 saturated heterocycles. The quantitative estimate of drug-likeness (QED) is 0.306. The number of carboxylic acids is 1. The van der Waals surface area contributed by atoms with Gasteiger partial charge in [-0.2, -0.15) is 0 Å². The molecule has 1 aliphatic carbocycles. The number of allylic oxidation sites excluding steroid dienone is 4. The molecule has 5 heteroatoms. The molecule has 1 aliphatic rings. The lowest BCUT2D eigenvalue weighted by molar-refractivity contribution is -0.147. The molecule has 0 spiro atoms.